The van der Waals surface area contributed by atoms with Gasteiger partial charge in [0, 0.05) is 42.5 Å². The second-order valence-corrected chi connectivity index (χ2v) is 5.96. The van der Waals surface area contributed by atoms with Gasteiger partial charge in [-0.15, -0.1) is 0 Å². The molecule has 0 radical (unpaired) electrons. The largest absolute Gasteiger partial charge is 0.361 e. The summed E-state index contributed by atoms with van der Waals surface area (Å²) in [6.07, 6.45) is 2.15. The van der Waals surface area contributed by atoms with Crippen molar-refractivity contribution in [3.63, 3.8) is 0 Å². The van der Waals surface area contributed by atoms with Gasteiger partial charge in [0.25, 0.3) is 5.91 Å². The molecule has 0 unspecified atom stereocenters. The molecule has 3 aromatic rings. The number of hydrogen-bond acceptors (Lipinski definition) is 2. The van der Waals surface area contributed by atoms with Crippen molar-refractivity contribution in [3.8, 4) is 0 Å². The number of carbonyl (C=O) groups is 2. The molecule has 1 aromatic heterocycles. The van der Waals surface area contributed by atoms with E-state index in [0.717, 1.165) is 27.7 Å². The molecular formula is C19H17N3O2. The summed E-state index contributed by atoms with van der Waals surface area (Å²) in [4.78, 5) is 29.3. The minimum absolute atomic E-state index is 0.00575. The van der Waals surface area contributed by atoms with Gasteiger partial charge in [-0.1, -0.05) is 24.3 Å². The Morgan fingerprint density at radius 1 is 1.17 bits per heavy atom. The highest BCUT2D eigenvalue weighted by Crippen LogP contribution is 2.22. The van der Waals surface area contributed by atoms with Gasteiger partial charge < -0.3 is 15.2 Å². The minimum atomic E-state index is -0.0929. The second-order valence-electron chi connectivity index (χ2n) is 5.96. The first-order valence-electron chi connectivity index (χ1n) is 7.95. The third-order valence-corrected chi connectivity index (χ3v) is 4.34. The fourth-order valence-electron chi connectivity index (χ4n) is 3.08. The lowest BCUT2D eigenvalue weighted by molar-refractivity contribution is -0.116. The highest BCUT2D eigenvalue weighted by Gasteiger charge is 2.26. The number of rotatable bonds is 4. The zero-order chi connectivity index (χ0) is 16.5. The number of H-pyrrole nitrogens is 1. The standard InChI is InChI=1S/C19H17N3O2/c23-18(21-15-6-5-13-7-9-20-17(13)11-15)8-10-22-12-14-3-1-2-4-16(14)19(22)24/h1-7,9,11,20H,8,10,12H2,(H,21,23). The summed E-state index contributed by atoms with van der Waals surface area (Å²) in [5, 5.41) is 3.99. The Hall–Kier alpha value is -3.08. The number of aromatic amines is 1. The van der Waals surface area contributed by atoms with Crippen LogP contribution < -0.4 is 5.32 Å². The van der Waals surface area contributed by atoms with Crippen LogP contribution in [0.3, 0.4) is 0 Å². The van der Waals surface area contributed by atoms with E-state index < -0.39 is 0 Å². The highest BCUT2D eigenvalue weighted by atomic mass is 16.2. The van der Waals surface area contributed by atoms with Crippen molar-refractivity contribution >= 4 is 28.4 Å². The molecule has 0 aliphatic carbocycles. The average Bonchev–Trinajstić information content (AvgIpc) is 3.17. The van der Waals surface area contributed by atoms with Crippen LogP contribution in [0.5, 0.6) is 0 Å². The molecule has 2 heterocycles. The van der Waals surface area contributed by atoms with E-state index in [4.69, 9.17) is 0 Å². The van der Waals surface area contributed by atoms with Gasteiger partial charge in [-0.3, -0.25) is 9.59 Å². The van der Waals surface area contributed by atoms with Gasteiger partial charge in [-0.05, 0) is 35.2 Å². The Morgan fingerprint density at radius 3 is 2.92 bits per heavy atom. The Labute approximate surface area is 139 Å². The molecular weight excluding hydrogens is 302 g/mol. The monoisotopic (exact) mass is 319 g/mol. The van der Waals surface area contributed by atoms with Crippen molar-refractivity contribution in [1.82, 2.24) is 9.88 Å². The van der Waals surface area contributed by atoms with E-state index in [1.165, 1.54) is 0 Å². The molecule has 120 valence electrons. The van der Waals surface area contributed by atoms with Crippen molar-refractivity contribution in [1.29, 1.82) is 0 Å². The van der Waals surface area contributed by atoms with E-state index >= 15 is 0 Å². The number of aromatic nitrogens is 1. The Bertz CT molecular complexity index is 929. The second kappa shape index (κ2) is 5.85. The summed E-state index contributed by atoms with van der Waals surface area (Å²) in [6.45, 7) is 1.00. The molecule has 0 fully saturated rings. The van der Waals surface area contributed by atoms with Crippen LogP contribution in [0.1, 0.15) is 22.3 Å². The first-order chi connectivity index (χ1) is 11.7. The van der Waals surface area contributed by atoms with Crippen LogP contribution in [0.25, 0.3) is 10.9 Å². The lowest BCUT2D eigenvalue weighted by Crippen LogP contribution is -2.28. The SMILES string of the molecule is O=C(CCN1Cc2ccccc2C1=O)Nc1ccc2cc[nH]c2c1. The van der Waals surface area contributed by atoms with Crippen molar-refractivity contribution in [2.24, 2.45) is 0 Å². The first-order valence-corrected chi connectivity index (χ1v) is 7.95. The molecule has 0 spiro atoms. The molecule has 24 heavy (non-hydrogen) atoms. The Morgan fingerprint density at radius 2 is 2.04 bits per heavy atom. The summed E-state index contributed by atoms with van der Waals surface area (Å²) in [7, 11) is 0. The lowest BCUT2D eigenvalue weighted by atomic mass is 10.1. The number of carbonyl (C=O) groups excluding carboxylic acids is 2. The average molecular weight is 319 g/mol. The lowest BCUT2D eigenvalue weighted by Gasteiger charge is -2.15. The van der Waals surface area contributed by atoms with Gasteiger partial charge in [-0.2, -0.15) is 0 Å². The van der Waals surface area contributed by atoms with E-state index in [1.54, 1.807) is 4.90 Å². The molecule has 2 amide bonds. The van der Waals surface area contributed by atoms with Gasteiger partial charge in [-0.25, -0.2) is 0 Å². The molecule has 5 heteroatoms. The number of anilines is 1. The maximum Gasteiger partial charge on any atom is 0.254 e. The van der Waals surface area contributed by atoms with Crippen molar-refractivity contribution in [2.75, 3.05) is 11.9 Å². The predicted octanol–water partition coefficient (Wildman–Crippen LogP) is 3.15. The summed E-state index contributed by atoms with van der Waals surface area (Å²) < 4.78 is 0. The Balaban J connectivity index is 1.36. The van der Waals surface area contributed by atoms with Gasteiger partial charge in [0.1, 0.15) is 0 Å². The van der Waals surface area contributed by atoms with E-state index in [1.807, 2.05) is 54.7 Å². The minimum Gasteiger partial charge on any atom is -0.361 e. The fourth-order valence-corrected chi connectivity index (χ4v) is 3.08. The number of nitrogens with one attached hydrogen (secondary N) is 2. The molecule has 1 aliphatic heterocycles. The maximum atomic E-state index is 12.3. The third-order valence-electron chi connectivity index (χ3n) is 4.34. The molecule has 0 bridgehead atoms. The van der Waals surface area contributed by atoms with Crippen molar-refractivity contribution in [3.05, 3.63) is 65.9 Å². The van der Waals surface area contributed by atoms with E-state index in [0.29, 0.717) is 13.1 Å². The number of amides is 2. The quantitative estimate of drug-likeness (QED) is 0.776. The molecule has 0 saturated heterocycles. The van der Waals surface area contributed by atoms with Gasteiger partial charge in [0.05, 0.1) is 0 Å². The van der Waals surface area contributed by atoms with E-state index in [2.05, 4.69) is 10.3 Å². The molecule has 2 N–H and O–H groups in total. The molecule has 2 aromatic carbocycles. The normalized spacial score (nSPS) is 13.3. The summed E-state index contributed by atoms with van der Waals surface area (Å²) in [5.74, 6) is -0.0872. The van der Waals surface area contributed by atoms with E-state index in [-0.39, 0.29) is 18.2 Å². The molecule has 0 saturated carbocycles. The molecule has 1 aliphatic rings. The first kappa shape index (κ1) is 14.5. The topological polar surface area (TPSA) is 65.2 Å². The van der Waals surface area contributed by atoms with Crippen LogP contribution in [0.2, 0.25) is 0 Å². The fraction of sp³-hybridized carbons (Fsp3) is 0.158. The van der Waals surface area contributed by atoms with Crippen LogP contribution in [0.15, 0.2) is 54.7 Å². The van der Waals surface area contributed by atoms with Crippen molar-refractivity contribution in [2.45, 2.75) is 13.0 Å². The highest BCUT2D eigenvalue weighted by molar-refractivity contribution is 5.99. The number of hydrogen-bond donors (Lipinski definition) is 2. The maximum absolute atomic E-state index is 12.3. The smallest absolute Gasteiger partial charge is 0.254 e. The zero-order valence-corrected chi connectivity index (χ0v) is 13.1. The van der Waals surface area contributed by atoms with Crippen LogP contribution in [0, 0.1) is 0 Å². The van der Waals surface area contributed by atoms with Gasteiger partial charge >= 0.3 is 0 Å². The predicted molar refractivity (Wildman–Crippen MR) is 92.7 cm³/mol. The van der Waals surface area contributed by atoms with Gasteiger partial charge in [0.2, 0.25) is 5.91 Å². The molecule has 0 atom stereocenters. The summed E-state index contributed by atoms with van der Waals surface area (Å²) >= 11 is 0. The third kappa shape index (κ3) is 2.65. The van der Waals surface area contributed by atoms with Crippen molar-refractivity contribution < 1.29 is 9.59 Å². The van der Waals surface area contributed by atoms with Crippen LogP contribution >= 0.6 is 0 Å². The number of nitrogens with zero attached hydrogens (tertiary/aromatic N) is 1. The summed E-state index contributed by atoms with van der Waals surface area (Å²) in [5.41, 5.74) is 3.51. The summed E-state index contributed by atoms with van der Waals surface area (Å²) in [6, 6.07) is 15.3. The van der Waals surface area contributed by atoms with Crippen LogP contribution in [-0.2, 0) is 11.3 Å². The number of benzene rings is 2. The zero-order valence-electron chi connectivity index (χ0n) is 13.1. The number of fused-ring (bicyclic) bond motifs is 2. The Kier molecular flexibility index (Phi) is 3.54. The van der Waals surface area contributed by atoms with Gasteiger partial charge in [0.15, 0.2) is 0 Å². The van der Waals surface area contributed by atoms with E-state index in [9.17, 15) is 9.59 Å². The molecule has 5 nitrogen and oxygen atoms in total. The molecule has 4 rings (SSSR count). The van der Waals surface area contributed by atoms with Crippen LogP contribution in [-0.4, -0.2) is 28.2 Å². The van der Waals surface area contributed by atoms with Crippen LogP contribution in [0.4, 0.5) is 5.69 Å².